The Morgan fingerprint density at radius 2 is 1.73 bits per heavy atom. The van der Waals surface area contributed by atoms with Gasteiger partial charge in [-0.05, 0) is 50.1 Å². The number of carbonyl (C=O) groups excluding carboxylic acids is 2. The number of aryl methyl sites for hydroxylation is 1. The molecule has 7 heteroatoms. The van der Waals surface area contributed by atoms with E-state index in [0.29, 0.717) is 5.75 Å². The molecule has 1 atom stereocenters. The maximum atomic E-state index is 13.4. The Balaban J connectivity index is 1.79. The number of carbonyl (C=O) groups is 2. The average molecular weight is 360 g/mol. The number of nitrogens with one attached hydrogen (secondary N) is 2. The molecule has 0 spiro atoms. The molecule has 0 aliphatic heterocycles. The second-order valence-corrected chi connectivity index (χ2v) is 5.71. The van der Waals surface area contributed by atoms with Crippen molar-refractivity contribution in [3.05, 3.63) is 59.4 Å². The van der Waals surface area contributed by atoms with Crippen LogP contribution in [0.5, 0.6) is 11.5 Å². The maximum absolute atomic E-state index is 13.4. The first-order valence-corrected chi connectivity index (χ1v) is 8.07. The van der Waals surface area contributed by atoms with Crippen LogP contribution < -0.4 is 20.3 Å². The van der Waals surface area contributed by atoms with E-state index in [9.17, 15) is 14.0 Å². The summed E-state index contributed by atoms with van der Waals surface area (Å²) < 4.78 is 24.1. The minimum absolute atomic E-state index is 0.0411. The molecule has 6 nitrogen and oxygen atoms in total. The molecular weight excluding hydrogens is 339 g/mol. The Labute approximate surface area is 151 Å². The van der Waals surface area contributed by atoms with Crippen LogP contribution in [0.4, 0.5) is 4.39 Å². The quantitative estimate of drug-likeness (QED) is 0.776. The van der Waals surface area contributed by atoms with Crippen LogP contribution in [0.15, 0.2) is 42.5 Å². The smallest absolute Gasteiger partial charge is 0.279 e. The lowest BCUT2D eigenvalue weighted by Gasteiger charge is -2.17. The number of hydrogen-bond donors (Lipinski definition) is 2. The van der Waals surface area contributed by atoms with E-state index in [0.717, 1.165) is 11.1 Å². The van der Waals surface area contributed by atoms with E-state index >= 15 is 0 Å². The predicted octanol–water partition coefficient (Wildman–Crippen LogP) is 2.44. The lowest BCUT2D eigenvalue weighted by atomic mass is 10.1. The lowest BCUT2D eigenvalue weighted by Crippen LogP contribution is -2.48. The zero-order valence-corrected chi connectivity index (χ0v) is 14.8. The molecule has 0 saturated heterocycles. The van der Waals surface area contributed by atoms with Crippen molar-refractivity contribution in [2.24, 2.45) is 0 Å². The zero-order chi connectivity index (χ0) is 19.1. The SMILES string of the molecule is Cc1cccc(O[C@@H](C)C(=O)NNC(=O)COc2ccccc2F)c1C. The third-order valence-electron chi connectivity index (χ3n) is 3.75. The fourth-order valence-corrected chi connectivity index (χ4v) is 2.07. The van der Waals surface area contributed by atoms with Crippen LogP contribution in [-0.4, -0.2) is 24.5 Å². The number of halogens is 1. The molecule has 2 aromatic carbocycles. The monoisotopic (exact) mass is 360 g/mol. The van der Waals surface area contributed by atoms with Crippen LogP contribution in [0.1, 0.15) is 18.1 Å². The van der Waals surface area contributed by atoms with E-state index in [-0.39, 0.29) is 5.75 Å². The Kier molecular flexibility index (Phi) is 6.54. The Morgan fingerprint density at radius 3 is 2.46 bits per heavy atom. The number of rotatable bonds is 6. The summed E-state index contributed by atoms with van der Waals surface area (Å²) in [6.45, 7) is 4.98. The molecule has 0 bridgehead atoms. The number of ether oxygens (including phenoxy) is 2. The van der Waals surface area contributed by atoms with Gasteiger partial charge in [-0.1, -0.05) is 24.3 Å². The van der Waals surface area contributed by atoms with Crippen LogP contribution in [0.25, 0.3) is 0 Å². The molecular formula is C19H21FN2O4. The number of benzene rings is 2. The number of para-hydroxylation sites is 1. The normalized spacial score (nSPS) is 11.4. The maximum Gasteiger partial charge on any atom is 0.279 e. The Bertz CT molecular complexity index is 795. The molecule has 0 radical (unpaired) electrons. The highest BCUT2D eigenvalue weighted by atomic mass is 19.1. The van der Waals surface area contributed by atoms with Gasteiger partial charge in [0.2, 0.25) is 0 Å². The fraction of sp³-hybridized carbons (Fsp3) is 0.263. The minimum Gasteiger partial charge on any atom is -0.481 e. The molecule has 0 heterocycles. The average Bonchev–Trinajstić information content (AvgIpc) is 2.62. The molecule has 0 aromatic heterocycles. The van der Waals surface area contributed by atoms with Crippen molar-refractivity contribution in [2.45, 2.75) is 26.9 Å². The number of amides is 2. The van der Waals surface area contributed by atoms with Gasteiger partial charge in [0.1, 0.15) is 5.75 Å². The summed E-state index contributed by atoms with van der Waals surface area (Å²) in [5.74, 6) is -1.16. The predicted molar refractivity (Wildman–Crippen MR) is 94.2 cm³/mol. The molecule has 0 aliphatic rings. The summed E-state index contributed by atoms with van der Waals surface area (Å²) in [6.07, 6.45) is -0.816. The van der Waals surface area contributed by atoms with E-state index in [1.54, 1.807) is 19.1 Å². The topological polar surface area (TPSA) is 76.7 Å². The van der Waals surface area contributed by atoms with E-state index in [2.05, 4.69) is 10.9 Å². The molecule has 26 heavy (non-hydrogen) atoms. The van der Waals surface area contributed by atoms with Crippen molar-refractivity contribution in [1.29, 1.82) is 0 Å². The van der Waals surface area contributed by atoms with Crippen molar-refractivity contribution in [3.63, 3.8) is 0 Å². The standard InChI is InChI=1S/C19H21FN2O4/c1-12-7-6-10-16(13(12)2)26-14(3)19(24)22-21-18(23)11-25-17-9-5-4-8-15(17)20/h4-10,14H,11H2,1-3H3,(H,21,23)(H,22,24)/t14-/m0/s1. The molecule has 0 unspecified atom stereocenters. The molecule has 2 amide bonds. The molecule has 2 aromatic rings. The Morgan fingerprint density at radius 1 is 1.04 bits per heavy atom. The third-order valence-corrected chi connectivity index (χ3v) is 3.75. The van der Waals surface area contributed by atoms with Crippen molar-refractivity contribution in [2.75, 3.05) is 6.61 Å². The second-order valence-electron chi connectivity index (χ2n) is 5.71. The first kappa shape index (κ1) is 19.2. The summed E-state index contributed by atoms with van der Waals surface area (Å²) in [5, 5.41) is 0. The number of hydrazine groups is 1. The van der Waals surface area contributed by atoms with E-state index in [1.807, 2.05) is 26.0 Å². The van der Waals surface area contributed by atoms with Crippen LogP contribution in [0.3, 0.4) is 0 Å². The van der Waals surface area contributed by atoms with E-state index < -0.39 is 30.3 Å². The first-order chi connectivity index (χ1) is 12.4. The van der Waals surface area contributed by atoms with Crippen LogP contribution >= 0.6 is 0 Å². The molecule has 0 saturated carbocycles. The summed E-state index contributed by atoms with van der Waals surface area (Å²) in [4.78, 5) is 23.7. The molecule has 0 fully saturated rings. The van der Waals surface area contributed by atoms with E-state index in [1.165, 1.54) is 18.2 Å². The van der Waals surface area contributed by atoms with Crippen LogP contribution in [0, 0.1) is 19.7 Å². The highest BCUT2D eigenvalue weighted by molar-refractivity contribution is 5.85. The van der Waals surface area contributed by atoms with Gasteiger partial charge >= 0.3 is 0 Å². The van der Waals surface area contributed by atoms with Gasteiger partial charge in [-0.15, -0.1) is 0 Å². The van der Waals surface area contributed by atoms with Gasteiger partial charge < -0.3 is 9.47 Å². The molecule has 0 aliphatic carbocycles. The fourth-order valence-electron chi connectivity index (χ4n) is 2.07. The van der Waals surface area contributed by atoms with Gasteiger partial charge in [0.05, 0.1) is 0 Å². The Hall–Kier alpha value is -3.09. The summed E-state index contributed by atoms with van der Waals surface area (Å²) in [7, 11) is 0. The lowest BCUT2D eigenvalue weighted by molar-refractivity contribution is -0.133. The second kappa shape index (κ2) is 8.84. The van der Waals surface area contributed by atoms with Gasteiger partial charge in [-0.2, -0.15) is 0 Å². The van der Waals surface area contributed by atoms with Gasteiger partial charge in [0.25, 0.3) is 11.8 Å². The summed E-state index contributed by atoms with van der Waals surface area (Å²) >= 11 is 0. The minimum atomic E-state index is -0.816. The molecule has 138 valence electrons. The third kappa shape index (κ3) is 5.20. The largest absolute Gasteiger partial charge is 0.481 e. The van der Waals surface area contributed by atoms with Crippen molar-refractivity contribution in [1.82, 2.24) is 10.9 Å². The van der Waals surface area contributed by atoms with Gasteiger partial charge in [-0.25, -0.2) is 4.39 Å². The first-order valence-electron chi connectivity index (χ1n) is 8.07. The van der Waals surface area contributed by atoms with Gasteiger partial charge in [0.15, 0.2) is 24.3 Å². The van der Waals surface area contributed by atoms with Crippen LogP contribution in [0.2, 0.25) is 0 Å². The van der Waals surface area contributed by atoms with Crippen molar-refractivity contribution < 1.29 is 23.5 Å². The van der Waals surface area contributed by atoms with Crippen LogP contribution in [-0.2, 0) is 9.59 Å². The zero-order valence-electron chi connectivity index (χ0n) is 14.8. The highest BCUT2D eigenvalue weighted by Crippen LogP contribution is 2.21. The number of hydrogen-bond acceptors (Lipinski definition) is 4. The summed E-state index contributed by atoms with van der Waals surface area (Å²) in [5.41, 5.74) is 6.44. The molecule has 2 N–H and O–H groups in total. The summed E-state index contributed by atoms with van der Waals surface area (Å²) in [6, 6.07) is 11.3. The van der Waals surface area contributed by atoms with Crippen molar-refractivity contribution >= 4 is 11.8 Å². The molecule has 2 rings (SSSR count). The highest BCUT2D eigenvalue weighted by Gasteiger charge is 2.17. The van der Waals surface area contributed by atoms with Gasteiger partial charge in [-0.3, -0.25) is 20.4 Å². The van der Waals surface area contributed by atoms with Crippen molar-refractivity contribution in [3.8, 4) is 11.5 Å². The van der Waals surface area contributed by atoms with Gasteiger partial charge in [0, 0.05) is 0 Å². The van der Waals surface area contributed by atoms with E-state index in [4.69, 9.17) is 9.47 Å².